The molecule has 0 unspecified atom stereocenters. The van der Waals surface area contributed by atoms with Crippen LogP contribution in [-0.2, 0) is 4.79 Å². The highest BCUT2D eigenvalue weighted by Crippen LogP contribution is 2.30. The van der Waals surface area contributed by atoms with E-state index in [1.807, 2.05) is 0 Å². The van der Waals surface area contributed by atoms with Crippen molar-refractivity contribution in [1.29, 1.82) is 0 Å². The van der Waals surface area contributed by atoms with E-state index in [1.165, 1.54) is 6.08 Å². The van der Waals surface area contributed by atoms with Crippen LogP contribution in [0.2, 0.25) is 0 Å². The molecular formula is C10H12BrCl3O. The van der Waals surface area contributed by atoms with Gasteiger partial charge in [0.2, 0.25) is 0 Å². The molecule has 0 spiro atoms. The predicted octanol–water partition coefficient (Wildman–Crippen LogP) is 4.25. The van der Waals surface area contributed by atoms with Crippen molar-refractivity contribution in [1.82, 2.24) is 0 Å². The number of alkyl halides is 3. The lowest BCUT2D eigenvalue weighted by atomic mass is 10.1. The summed E-state index contributed by atoms with van der Waals surface area (Å²) in [6.45, 7) is 6.84. The number of ketones is 1. The largest absolute Gasteiger partial charge is 0.288 e. The van der Waals surface area contributed by atoms with Crippen molar-refractivity contribution in [3.63, 3.8) is 0 Å². The summed E-state index contributed by atoms with van der Waals surface area (Å²) >= 11 is 20.9. The minimum absolute atomic E-state index is 0.0644. The van der Waals surface area contributed by atoms with Crippen LogP contribution in [0, 0.1) is 0 Å². The molecule has 2 atom stereocenters. The lowest BCUT2D eigenvalue weighted by Gasteiger charge is -2.22. The van der Waals surface area contributed by atoms with E-state index >= 15 is 0 Å². The molecule has 0 aliphatic carbocycles. The van der Waals surface area contributed by atoms with Crippen molar-refractivity contribution < 1.29 is 4.79 Å². The normalized spacial score (nSPS) is 18.1. The summed E-state index contributed by atoms with van der Waals surface area (Å²) in [6.07, 6.45) is 1.48. The van der Waals surface area contributed by atoms with Crippen molar-refractivity contribution in [2.45, 2.75) is 23.5 Å². The highest BCUT2D eigenvalue weighted by atomic mass is 79.9. The van der Waals surface area contributed by atoms with Gasteiger partial charge in [-0.15, -0.1) is 23.2 Å². The molecule has 0 saturated carbocycles. The van der Waals surface area contributed by atoms with Crippen LogP contribution in [-0.4, -0.2) is 21.4 Å². The maximum absolute atomic E-state index is 11.4. The van der Waals surface area contributed by atoms with E-state index in [0.29, 0.717) is 11.5 Å². The molecule has 0 radical (unpaired) electrons. The third-order valence-electron chi connectivity index (χ3n) is 1.76. The first-order valence-electron chi connectivity index (χ1n) is 4.20. The second kappa shape index (κ2) is 6.29. The summed E-state index contributed by atoms with van der Waals surface area (Å²) in [7, 11) is 0. The topological polar surface area (TPSA) is 17.1 Å². The van der Waals surface area contributed by atoms with Crippen LogP contribution in [0.4, 0.5) is 0 Å². The smallest absolute Gasteiger partial charge is 0.199 e. The molecule has 0 amide bonds. The third kappa shape index (κ3) is 4.90. The number of carbonyl (C=O) groups excluding carboxylic acids is 1. The van der Waals surface area contributed by atoms with Crippen molar-refractivity contribution in [3.05, 3.63) is 23.3 Å². The van der Waals surface area contributed by atoms with Crippen molar-refractivity contribution >= 4 is 56.5 Å². The summed E-state index contributed by atoms with van der Waals surface area (Å²) < 4.78 is 0. The number of halogens is 4. The Hall–Kier alpha value is 0.500. The average molecular weight is 334 g/mol. The Bertz CT molecular complexity index is 297. The summed E-state index contributed by atoms with van der Waals surface area (Å²) in [4.78, 5) is 10.5. The van der Waals surface area contributed by atoms with Gasteiger partial charge in [0.05, 0.1) is 14.7 Å². The minimum Gasteiger partial charge on any atom is -0.288 e. The van der Waals surface area contributed by atoms with Crippen LogP contribution in [0.25, 0.3) is 0 Å². The SMILES string of the molecule is C=C(C)C(=O)/C(Cl)=C\[C@@](C)(Cl)[C@@H](Br)CCl. The summed E-state index contributed by atoms with van der Waals surface area (Å²) in [6, 6.07) is 0. The molecule has 0 aromatic heterocycles. The van der Waals surface area contributed by atoms with Gasteiger partial charge in [-0.3, -0.25) is 4.79 Å². The molecule has 15 heavy (non-hydrogen) atoms. The van der Waals surface area contributed by atoms with Gasteiger partial charge in [-0.2, -0.15) is 0 Å². The fraction of sp³-hybridized carbons (Fsp3) is 0.500. The molecule has 0 aromatic rings. The first-order valence-corrected chi connectivity index (χ1v) is 6.40. The van der Waals surface area contributed by atoms with E-state index < -0.39 is 4.87 Å². The zero-order valence-corrected chi connectivity index (χ0v) is 12.3. The lowest BCUT2D eigenvalue weighted by molar-refractivity contribution is -0.111. The summed E-state index contributed by atoms with van der Waals surface area (Å²) in [5.74, 6) is 0.0138. The molecule has 0 aromatic carbocycles. The zero-order valence-electron chi connectivity index (χ0n) is 8.49. The fourth-order valence-electron chi connectivity index (χ4n) is 0.758. The van der Waals surface area contributed by atoms with Crippen LogP contribution in [0.1, 0.15) is 13.8 Å². The molecule has 0 saturated heterocycles. The second-order valence-electron chi connectivity index (χ2n) is 3.37. The third-order valence-corrected chi connectivity index (χ3v) is 4.63. The van der Waals surface area contributed by atoms with Crippen LogP contribution in [0.15, 0.2) is 23.3 Å². The molecule has 0 aliphatic rings. The lowest BCUT2D eigenvalue weighted by Crippen LogP contribution is -2.28. The van der Waals surface area contributed by atoms with Crippen LogP contribution < -0.4 is 0 Å². The van der Waals surface area contributed by atoms with Crippen LogP contribution >= 0.6 is 50.7 Å². The Morgan fingerprint density at radius 3 is 2.47 bits per heavy atom. The molecule has 1 nitrogen and oxygen atoms in total. The van der Waals surface area contributed by atoms with Crippen LogP contribution in [0.3, 0.4) is 0 Å². The standard InChI is InChI=1S/C10H12BrCl3O/c1-6(2)9(15)7(13)4-10(3,14)8(11)5-12/h4,8H,1,5H2,2-3H3/b7-4+/t8-,10+/m0/s1. The van der Waals surface area contributed by atoms with E-state index in [-0.39, 0.29) is 15.6 Å². The molecule has 0 bridgehead atoms. The first-order chi connectivity index (χ1) is 6.72. The van der Waals surface area contributed by atoms with Crippen LogP contribution in [0.5, 0.6) is 0 Å². The van der Waals surface area contributed by atoms with Crippen molar-refractivity contribution in [2.24, 2.45) is 0 Å². The number of hydrogen-bond acceptors (Lipinski definition) is 1. The monoisotopic (exact) mass is 332 g/mol. The van der Waals surface area contributed by atoms with Gasteiger partial charge in [0.15, 0.2) is 5.78 Å². The van der Waals surface area contributed by atoms with E-state index in [4.69, 9.17) is 34.8 Å². The van der Waals surface area contributed by atoms with Gasteiger partial charge < -0.3 is 0 Å². The minimum atomic E-state index is -0.802. The first kappa shape index (κ1) is 15.5. The molecular weight excluding hydrogens is 322 g/mol. The molecule has 0 fully saturated rings. The van der Waals surface area contributed by atoms with Gasteiger partial charge in [-0.25, -0.2) is 0 Å². The van der Waals surface area contributed by atoms with Gasteiger partial charge in [0.1, 0.15) is 0 Å². The van der Waals surface area contributed by atoms with Gasteiger partial charge in [0.25, 0.3) is 0 Å². The number of allylic oxidation sites excluding steroid dienone is 3. The Kier molecular flexibility index (Phi) is 6.50. The quantitative estimate of drug-likeness (QED) is 0.542. The Morgan fingerprint density at radius 1 is 1.67 bits per heavy atom. The van der Waals surface area contributed by atoms with E-state index in [0.717, 1.165) is 0 Å². The Labute approximate surface area is 114 Å². The Morgan fingerprint density at radius 2 is 2.13 bits per heavy atom. The number of rotatable bonds is 5. The number of Topliss-reactive ketones (excluding diaryl/α,β-unsaturated/α-hetero) is 1. The van der Waals surface area contributed by atoms with Crippen molar-refractivity contribution in [3.8, 4) is 0 Å². The summed E-state index contributed by atoms with van der Waals surface area (Å²) in [5.41, 5.74) is 0.376. The maximum Gasteiger partial charge on any atom is 0.199 e. The number of carbonyl (C=O) groups is 1. The van der Waals surface area contributed by atoms with Crippen molar-refractivity contribution in [2.75, 3.05) is 5.88 Å². The molecule has 5 heteroatoms. The van der Waals surface area contributed by atoms with Gasteiger partial charge in [-0.05, 0) is 25.5 Å². The molecule has 86 valence electrons. The zero-order chi connectivity index (χ0) is 12.2. The van der Waals surface area contributed by atoms with Gasteiger partial charge in [-0.1, -0.05) is 34.1 Å². The second-order valence-corrected chi connectivity index (χ2v) is 6.01. The molecule has 0 N–H and O–H groups in total. The average Bonchev–Trinajstić information content (AvgIpc) is 2.14. The highest BCUT2D eigenvalue weighted by molar-refractivity contribution is 9.09. The van der Waals surface area contributed by atoms with E-state index in [2.05, 4.69) is 22.5 Å². The maximum atomic E-state index is 11.4. The fourth-order valence-corrected chi connectivity index (χ4v) is 1.92. The molecule has 0 heterocycles. The van der Waals surface area contributed by atoms with Gasteiger partial charge >= 0.3 is 0 Å². The molecule has 0 aliphatic heterocycles. The Balaban J connectivity index is 4.88. The van der Waals surface area contributed by atoms with E-state index in [1.54, 1.807) is 13.8 Å². The van der Waals surface area contributed by atoms with E-state index in [9.17, 15) is 4.79 Å². The number of hydrogen-bond donors (Lipinski definition) is 0. The predicted molar refractivity (Wildman–Crippen MR) is 71.5 cm³/mol. The van der Waals surface area contributed by atoms with Gasteiger partial charge in [0, 0.05) is 5.88 Å². The summed E-state index contributed by atoms with van der Waals surface area (Å²) in [5, 5.41) is 0.0644. The molecule has 0 rings (SSSR count). The highest BCUT2D eigenvalue weighted by Gasteiger charge is 2.28.